The minimum atomic E-state index is 1.00. The van der Waals surface area contributed by atoms with Crippen LogP contribution in [-0.2, 0) is 0 Å². The lowest BCUT2D eigenvalue weighted by Crippen LogP contribution is -1.90. The topological polar surface area (TPSA) is 12.9 Å². The van der Waals surface area contributed by atoms with Crippen molar-refractivity contribution < 1.29 is 0 Å². The first-order valence-electron chi connectivity index (χ1n) is 9.49. The van der Waals surface area contributed by atoms with Crippen molar-refractivity contribution in [3.8, 4) is 33.5 Å². The number of benzene rings is 4. The summed E-state index contributed by atoms with van der Waals surface area (Å²) in [4.78, 5) is 4.90. The lowest BCUT2D eigenvalue weighted by molar-refractivity contribution is 1.40. The molecule has 0 unspecified atom stereocenters. The molecule has 0 saturated carbocycles. The van der Waals surface area contributed by atoms with Crippen LogP contribution in [0.2, 0.25) is 0 Å². The zero-order valence-electron chi connectivity index (χ0n) is 15.4. The van der Waals surface area contributed by atoms with Crippen molar-refractivity contribution in [2.45, 2.75) is 0 Å². The Kier molecular flexibility index (Phi) is 4.19. The highest BCUT2D eigenvalue weighted by molar-refractivity contribution is 5.96. The van der Waals surface area contributed by atoms with Gasteiger partial charge >= 0.3 is 0 Å². The first-order valence-corrected chi connectivity index (χ1v) is 9.49. The first-order chi connectivity index (χ1) is 13.9. The Hall–Kier alpha value is -3.71. The zero-order chi connectivity index (χ0) is 18.8. The van der Waals surface area contributed by atoms with E-state index in [9.17, 15) is 0 Å². The SMILES string of the molecule is c1ccc(-c2ccc(-c3cc(-c4ccccc4)nc4ccccc34)cc2)cc1. The van der Waals surface area contributed by atoms with Crippen molar-refractivity contribution in [2.75, 3.05) is 0 Å². The van der Waals surface area contributed by atoms with Crippen LogP contribution in [0.25, 0.3) is 44.4 Å². The van der Waals surface area contributed by atoms with Crippen LogP contribution in [0.3, 0.4) is 0 Å². The minimum Gasteiger partial charge on any atom is -0.248 e. The summed E-state index contributed by atoms with van der Waals surface area (Å²) in [5.41, 5.74) is 8.03. The number of nitrogens with zero attached hydrogens (tertiary/aromatic N) is 1. The summed E-state index contributed by atoms with van der Waals surface area (Å²) in [6.07, 6.45) is 0. The van der Waals surface area contributed by atoms with Crippen LogP contribution in [0.5, 0.6) is 0 Å². The second kappa shape index (κ2) is 7.13. The highest BCUT2D eigenvalue weighted by atomic mass is 14.7. The predicted octanol–water partition coefficient (Wildman–Crippen LogP) is 7.24. The molecule has 1 heterocycles. The zero-order valence-corrected chi connectivity index (χ0v) is 15.4. The molecule has 0 bridgehead atoms. The van der Waals surface area contributed by atoms with Gasteiger partial charge < -0.3 is 0 Å². The summed E-state index contributed by atoms with van der Waals surface area (Å²) in [6, 6.07) is 40.2. The molecule has 132 valence electrons. The summed E-state index contributed by atoms with van der Waals surface area (Å²) >= 11 is 0. The van der Waals surface area contributed by atoms with E-state index in [-0.39, 0.29) is 0 Å². The molecule has 0 N–H and O–H groups in total. The fraction of sp³-hybridized carbons (Fsp3) is 0. The second-order valence-electron chi connectivity index (χ2n) is 6.88. The van der Waals surface area contributed by atoms with E-state index in [1.807, 2.05) is 18.2 Å². The number of hydrogen-bond acceptors (Lipinski definition) is 1. The Morgan fingerprint density at radius 3 is 1.68 bits per heavy atom. The van der Waals surface area contributed by atoms with Crippen molar-refractivity contribution in [1.29, 1.82) is 0 Å². The number of rotatable bonds is 3. The molecule has 5 rings (SSSR count). The molecule has 0 aliphatic rings. The van der Waals surface area contributed by atoms with Crippen LogP contribution in [0, 0.1) is 0 Å². The normalized spacial score (nSPS) is 10.9. The molecule has 0 aliphatic carbocycles. The van der Waals surface area contributed by atoms with Gasteiger partial charge in [0.05, 0.1) is 11.2 Å². The molecule has 5 aromatic rings. The van der Waals surface area contributed by atoms with Gasteiger partial charge in [-0.1, -0.05) is 103 Å². The molecule has 0 fully saturated rings. The molecule has 0 aliphatic heterocycles. The smallest absolute Gasteiger partial charge is 0.0715 e. The molecule has 0 saturated heterocycles. The van der Waals surface area contributed by atoms with Crippen molar-refractivity contribution in [3.63, 3.8) is 0 Å². The maximum atomic E-state index is 4.90. The Labute approximate surface area is 165 Å². The van der Waals surface area contributed by atoms with Crippen LogP contribution in [-0.4, -0.2) is 4.98 Å². The van der Waals surface area contributed by atoms with Crippen LogP contribution in [0.15, 0.2) is 115 Å². The van der Waals surface area contributed by atoms with Crippen LogP contribution < -0.4 is 0 Å². The Balaban J connectivity index is 1.66. The number of aromatic nitrogens is 1. The van der Waals surface area contributed by atoms with Gasteiger partial charge in [0.15, 0.2) is 0 Å². The summed E-state index contributed by atoms with van der Waals surface area (Å²) in [5, 5.41) is 1.18. The van der Waals surface area contributed by atoms with E-state index in [1.54, 1.807) is 0 Å². The molecular weight excluding hydrogens is 338 g/mol. The van der Waals surface area contributed by atoms with Gasteiger partial charge in [-0.05, 0) is 34.4 Å². The quantitative estimate of drug-likeness (QED) is 0.332. The highest BCUT2D eigenvalue weighted by Gasteiger charge is 2.09. The Morgan fingerprint density at radius 1 is 0.429 bits per heavy atom. The van der Waals surface area contributed by atoms with Gasteiger partial charge in [-0.3, -0.25) is 0 Å². The minimum absolute atomic E-state index is 1.00. The number of hydrogen-bond donors (Lipinski definition) is 0. The Bertz CT molecular complexity index is 1220. The molecule has 28 heavy (non-hydrogen) atoms. The standard InChI is InChI=1S/C27H19N/c1-3-9-20(10-4-1)21-15-17-22(18-16-21)25-19-27(23-11-5-2-6-12-23)28-26-14-8-7-13-24(25)26/h1-19H. The summed E-state index contributed by atoms with van der Waals surface area (Å²) < 4.78 is 0. The van der Waals surface area contributed by atoms with E-state index in [1.165, 1.54) is 27.6 Å². The first kappa shape index (κ1) is 16.5. The average molecular weight is 357 g/mol. The number of para-hydroxylation sites is 1. The van der Waals surface area contributed by atoms with Crippen LogP contribution in [0.1, 0.15) is 0 Å². The van der Waals surface area contributed by atoms with Gasteiger partial charge in [0.2, 0.25) is 0 Å². The summed E-state index contributed by atoms with van der Waals surface area (Å²) in [5.74, 6) is 0. The molecule has 0 spiro atoms. The fourth-order valence-corrected chi connectivity index (χ4v) is 3.64. The molecule has 1 heteroatoms. The van der Waals surface area contributed by atoms with E-state index >= 15 is 0 Å². The third-order valence-electron chi connectivity index (χ3n) is 5.09. The molecule has 0 amide bonds. The van der Waals surface area contributed by atoms with E-state index in [2.05, 4.69) is 97.1 Å². The van der Waals surface area contributed by atoms with E-state index < -0.39 is 0 Å². The van der Waals surface area contributed by atoms with Crippen molar-refractivity contribution >= 4 is 10.9 Å². The van der Waals surface area contributed by atoms with Crippen LogP contribution in [0.4, 0.5) is 0 Å². The maximum absolute atomic E-state index is 4.90. The third-order valence-corrected chi connectivity index (χ3v) is 5.09. The van der Waals surface area contributed by atoms with Crippen molar-refractivity contribution in [1.82, 2.24) is 4.98 Å². The molecule has 1 aromatic heterocycles. The molecule has 1 nitrogen and oxygen atoms in total. The lowest BCUT2D eigenvalue weighted by atomic mass is 9.96. The molecule has 4 aromatic carbocycles. The maximum Gasteiger partial charge on any atom is 0.0715 e. The van der Waals surface area contributed by atoms with Gasteiger partial charge in [-0.25, -0.2) is 4.98 Å². The molecular formula is C27H19N. The summed E-state index contributed by atoms with van der Waals surface area (Å²) in [7, 11) is 0. The average Bonchev–Trinajstić information content (AvgIpc) is 2.80. The number of pyridine rings is 1. The second-order valence-corrected chi connectivity index (χ2v) is 6.88. The Morgan fingerprint density at radius 2 is 0.964 bits per heavy atom. The lowest BCUT2D eigenvalue weighted by Gasteiger charge is -2.11. The fourth-order valence-electron chi connectivity index (χ4n) is 3.64. The highest BCUT2D eigenvalue weighted by Crippen LogP contribution is 2.33. The van der Waals surface area contributed by atoms with Crippen LogP contribution >= 0.6 is 0 Å². The largest absolute Gasteiger partial charge is 0.248 e. The van der Waals surface area contributed by atoms with Gasteiger partial charge in [0.1, 0.15) is 0 Å². The van der Waals surface area contributed by atoms with E-state index in [4.69, 9.17) is 4.98 Å². The van der Waals surface area contributed by atoms with Gasteiger partial charge in [0.25, 0.3) is 0 Å². The molecule has 0 atom stereocenters. The van der Waals surface area contributed by atoms with Crippen molar-refractivity contribution in [2.24, 2.45) is 0 Å². The van der Waals surface area contributed by atoms with Gasteiger partial charge in [-0.15, -0.1) is 0 Å². The predicted molar refractivity (Wildman–Crippen MR) is 118 cm³/mol. The van der Waals surface area contributed by atoms with E-state index in [0.29, 0.717) is 0 Å². The molecule has 0 radical (unpaired) electrons. The summed E-state index contributed by atoms with van der Waals surface area (Å²) in [6.45, 7) is 0. The van der Waals surface area contributed by atoms with Gasteiger partial charge in [0, 0.05) is 10.9 Å². The monoisotopic (exact) mass is 357 g/mol. The van der Waals surface area contributed by atoms with Crippen molar-refractivity contribution in [3.05, 3.63) is 115 Å². The van der Waals surface area contributed by atoms with E-state index in [0.717, 1.165) is 16.8 Å². The number of fused-ring (bicyclic) bond motifs is 1. The van der Waals surface area contributed by atoms with Gasteiger partial charge in [-0.2, -0.15) is 0 Å². The third kappa shape index (κ3) is 3.08.